The Balaban J connectivity index is 2.40. The van der Waals surface area contributed by atoms with E-state index in [0.717, 1.165) is 35.3 Å². The zero-order valence-electron chi connectivity index (χ0n) is 12.2. The third-order valence-electron chi connectivity index (χ3n) is 3.14. The standard InChI is InChI=1S/C14H25N3S/c1-6-8-15-10(2)7-9-18-14-16-12(4)11(3)13(5)17-14/h10,15H,6-9H2,1-5H3. The van der Waals surface area contributed by atoms with Crippen LogP contribution in [0.3, 0.4) is 0 Å². The van der Waals surface area contributed by atoms with E-state index in [-0.39, 0.29) is 0 Å². The van der Waals surface area contributed by atoms with Crippen molar-refractivity contribution >= 4 is 11.8 Å². The Bertz CT molecular complexity index is 356. The van der Waals surface area contributed by atoms with Crippen LogP contribution in [0.5, 0.6) is 0 Å². The van der Waals surface area contributed by atoms with E-state index in [4.69, 9.17) is 0 Å². The summed E-state index contributed by atoms with van der Waals surface area (Å²) in [5.74, 6) is 1.07. The molecule has 0 aliphatic carbocycles. The van der Waals surface area contributed by atoms with Crippen LogP contribution in [0.15, 0.2) is 5.16 Å². The minimum absolute atomic E-state index is 0.574. The molecule has 0 fully saturated rings. The largest absolute Gasteiger partial charge is 0.314 e. The summed E-state index contributed by atoms with van der Waals surface area (Å²) in [6.07, 6.45) is 2.34. The van der Waals surface area contributed by atoms with Gasteiger partial charge in [-0.1, -0.05) is 18.7 Å². The molecule has 1 unspecified atom stereocenters. The van der Waals surface area contributed by atoms with Gasteiger partial charge in [-0.15, -0.1) is 0 Å². The molecule has 3 nitrogen and oxygen atoms in total. The van der Waals surface area contributed by atoms with E-state index < -0.39 is 0 Å². The number of aromatic nitrogens is 2. The minimum atomic E-state index is 0.574. The molecular weight excluding hydrogens is 242 g/mol. The predicted octanol–water partition coefficient (Wildman–Crippen LogP) is 3.27. The summed E-state index contributed by atoms with van der Waals surface area (Å²) in [6, 6.07) is 0.574. The van der Waals surface area contributed by atoms with Crippen molar-refractivity contribution in [3.8, 4) is 0 Å². The van der Waals surface area contributed by atoms with E-state index in [1.807, 2.05) is 0 Å². The number of aryl methyl sites for hydroxylation is 2. The van der Waals surface area contributed by atoms with Gasteiger partial charge in [0, 0.05) is 23.2 Å². The van der Waals surface area contributed by atoms with Gasteiger partial charge in [-0.25, -0.2) is 9.97 Å². The molecule has 0 aromatic carbocycles. The first-order valence-electron chi connectivity index (χ1n) is 6.72. The maximum Gasteiger partial charge on any atom is 0.187 e. The lowest BCUT2D eigenvalue weighted by Crippen LogP contribution is -2.27. The Hall–Kier alpha value is -0.610. The second kappa shape index (κ2) is 7.74. The van der Waals surface area contributed by atoms with Crippen LogP contribution in [-0.4, -0.2) is 28.3 Å². The molecule has 0 aliphatic heterocycles. The third kappa shape index (κ3) is 4.94. The number of rotatable bonds is 7. The molecule has 0 saturated carbocycles. The first kappa shape index (κ1) is 15.4. The smallest absolute Gasteiger partial charge is 0.187 e. The Morgan fingerprint density at radius 2 is 1.78 bits per heavy atom. The fraction of sp³-hybridized carbons (Fsp3) is 0.714. The summed E-state index contributed by atoms with van der Waals surface area (Å²) in [5.41, 5.74) is 3.40. The van der Waals surface area contributed by atoms with Crippen molar-refractivity contribution in [1.82, 2.24) is 15.3 Å². The lowest BCUT2D eigenvalue weighted by molar-refractivity contribution is 0.536. The number of hydrogen-bond donors (Lipinski definition) is 1. The Labute approximate surface area is 115 Å². The summed E-state index contributed by atoms with van der Waals surface area (Å²) in [7, 11) is 0. The SMILES string of the molecule is CCCNC(C)CCSc1nc(C)c(C)c(C)n1. The molecule has 0 spiro atoms. The van der Waals surface area contributed by atoms with Crippen LogP contribution in [0.2, 0.25) is 0 Å². The van der Waals surface area contributed by atoms with Crippen molar-refractivity contribution < 1.29 is 0 Å². The molecule has 1 N–H and O–H groups in total. The van der Waals surface area contributed by atoms with Crippen LogP contribution in [0.1, 0.15) is 43.6 Å². The van der Waals surface area contributed by atoms with Crippen molar-refractivity contribution in [3.63, 3.8) is 0 Å². The van der Waals surface area contributed by atoms with Crippen molar-refractivity contribution in [3.05, 3.63) is 17.0 Å². The van der Waals surface area contributed by atoms with Crippen LogP contribution in [-0.2, 0) is 0 Å². The monoisotopic (exact) mass is 267 g/mol. The molecule has 1 rings (SSSR count). The molecule has 102 valence electrons. The molecule has 1 aromatic rings. The van der Waals surface area contributed by atoms with Crippen molar-refractivity contribution in [2.75, 3.05) is 12.3 Å². The van der Waals surface area contributed by atoms with Gasteiger partial charge in [0.2, 0.25) is 0 Å². The van der Waals surface area contributed by atoms with Gasteiger partial charge in [-0.2, -0.15) is 0 Å². The Morgan fingerprint density at radius 1 is 1.17 bits per heavy atom. The van der Waals surface area contributed by atoms with Gasteiger partial charge >= 0.3 is 0 Å². The fourth-order valence-corrected chi connectivity index (χ4v) is 2.68. The summed E-state index contributed by atoms with van der Waals surface area (Å²) in [6.45, 7) is 11.7. The Kier molecular flexibility index (Phi) is 6.65. The highest BCUT2D eigenvalue weighted by molar-refractivity contribution is 7.99. The van der Waals surface area contributed by atoms with Crippen LogP contribution in [0.4, 0.5) is 0 Å². The van der Waals surface area contributed by atoms with E-state index in [9.17, 15) is 0 Å². The van der Waals surface area contributed by atoms with E-state index in [2.05, 4.69) is 49.9 Å². The van der Waals surface area contributed by atoms with Crippen molar-refractivity contribution in [1.29, 1.82) is 0 Å². The quantitative estimate of drug-likeness (QED) is 0.608. The van der Waals surface area contributed by atoms with Gasteiger partial charge in [0.25, 0.3) is 0 Å². The van der Waals surface area contributed by atoms with E-state index >= 15 is 0 Å². The zero-order chi connectivity index (χ0) is 13.5. The molecule has 18 heavy (non-hydrogen) atoms. The first-order chi connectivity index (χ1) is 8.54. The van der Waals surface area contributed by atoms with E-state index in [1.165, 1.54) is 12.0 Å². The Morgan fingerprint density at radius 3 is 2.33 bits per heavy atom. The second-order valence-corrected chi connectivity index (χ2v) is 5.86. The van der Waals surface area contributed by atoms with Crippen LogP contribution >= 0.6 is 11.8 Å². The van der Waals surface area contributed by atoms with Gasteiger partial charge in [-0.05, 0) is 52.6 Å². The third-order valence-corrected chi connectivity index (χ3v) is 4.02. The molecule has 4 heteroatoms. The molecular formula is C14H25N3S. The topological polar surface area (TPSA) is 37.8 Å². The minimum Gasteiger partial charge on any atom is -0.314 e. The van der Waals surface area contributed by atoms with Gasteiger partial charge < -0.3 is 5.32 Å². The average Bonchev–Trinajstić information content (AvgIpc) is 2.33. The lowest BCUT2D eigenvalue weighted by Gasteiger charge is -2.12. The summed E-state index contributed by atoms with van der Waals surface area (Å²) in [5, 5.41) is 4.41. The molecule has 0 aliphatic rings. The van der Waals surface area contributed by atoms with Crippen molar-refractivity contribution in [2.24, 2.45) is 0 Å². The normalized spacial score (nSPS) is 12.7. The van der Waals surface area contributed by atoms with Gasteiger partial charge in [0.1, 0.15) is 0 Å². The second-order valence-electron chi connectivity index (χ2n) is 4.79. The summed E-state index contributed by atoms with van der Waals surface area (Å²) in [4.78, 5) is 9.05. The highest BCUT2D eigenvalue weighted by atomic mass is 32.2. The van der Waals surface area contributed by atoms with E-state index in [0.29, 0.717) is 6.04 Å². The van der Waals surface area contributed by atoms with Crippen LogP contribution < -0.4 is 5.32 Å². The van der Waals surface area contributed by atoms with Gasteiger partial charge in [0.15, 0.2) is 5.16 Å². The molecule has 0 saturated heterocycles. The maximum atomic E-state index is 4.52. The van der Waals surface area contributed by atoms with Crippen LogP contribution in [0.25, 0.3) is 0 Å². The predicted molar refractivity (Wildman–Crippen MR) is 79.3 cm³/mol. The van der Waals surface area contributed by atoms with E-state index in [1.54, 1.807) is 11.8 Å². The number of thioether (sulfide) groups is 1. The number of hydrogen-bond acceptors (Lipinski definition) is 4. The highest BCUT2D eigenvalue weighted by Gasteiger charge is 2.06. The number of nitrogens with one attached hydrogen (secondary N) is 1. The molecule has 1 aromatic heterocycles. The molecule has 0 amide bonds. The summed E-state index contributed by atoms with van der Waals surface area (Å²) < 4.78 is 0. The zero-order valence-corrected chi connectivity index (χ0v) is 13.0. The van der Waals surface area contributed by atoms with Gasteiger partial charge in [0.05, 0.1) is 0 Å². The molecule has 1 atom stereocenters. The lowest BCUT2D eigenvalue weighted by atomic mass is 10.2. The maximum absolute atomic E-state index is 4.52. The van der Waals surface area contributed by atoms with Crippen LogP contribution in [0, 0.1) is 20.8 Å². The highest BCUT2D eigenvalue weighted by Crippen LogP contribution is 2.18. The summed E-state index contributed by atoms with van der Waals surface area (Å²) >= 11 is 1.76. The average molecular weight is 267 g/mol. The molecule has 0 radical (unpaired) electrons. The first-order valence-corrected chi connectivity index (χ1v) is 7.71. The van der Waals surface area contributed by atoms with Crippen molar-refractivity contribution in [2.45, 2.75) is 58.7 Å². The molecule has 0 bridgehead atoms. The fourth-order valence-electron chi connectivity index (χ4n) is 1.63. The number of nitrogens with zero attached hydrogens (tertiary/aromatic N) is 2. The molecule has 1 heterocycles. The van der Waals surface area contributed by atoms with Gasteiger partial charge in [-0.3, -0.25) is 0 Å².